The second-order valence-electron chi connectivity index (χ2n) is 6.42. The quantitative estimate of drug-likeness (QED) is 0.926. The van der Waals surface area contributed by atoms with Crippen molar-refractivity contribution in [3.63, 3.8) is 0 Å². The Hall–Kier alpha value is -1.39. The van der Waals surface area contributed by atoms with Crippen LogP contribution in [0.5, 0.6) is 0 Å². The summed E-state index contributed by atoms with van der Waals surface area (Å²) in [6, 6.07) is 8.36. The number of hydrogen-bond donors (Lipinski definition) is 1. The maximum atomic E-state index is 12.7. The molecule has 4 heteroatoms. The molecule has 120 valence electrons. The lowest BCUT2D eigenvalue weighted by atomic mass is 9.94. The van der Waals surface area contributed by atoms with Crippen molar-refractivity contribution in [3.05, 3.63) is 35.4 Å². The molecule has 2 atom stereocenters. The first-order valence-corrected chi connectivity index (χ1v) is 8.39. The number of hydrogen-bond acceptors (Lipinski definition) is 3. The minimum absolute atomic E-state index is 0.0675. The van der Waals surface area contributed by atoms with Gasteiger partial charge < -0.3 is 15.0 Å². The maximum absolute atomic E-state index is 12.7. The summed E-state index contributed by atoms with van der Waals surface area (Å²) in [4.78, 5) is 14.7. The molecule has 2 aliphatic heterocycles. The highest BCUT2D eigenvalue weighted by molar-refractivity contribution is 5.77. The van der Waals surface area contributed by atoms with Crippen molar-refractivity contribution in [2.24, 2.45) is 5.92 Å². The van der Waals surface area contributed by atoms with Crippen molar-refractivity contribution >= 4 is 5.91 Å². The van der Waals surface area contributed by atoms with Gasteiger partial charge in [0, 0.05) is 13.1 Å². The van der Waals surface area contributed by atoms with Gasteiger partial charge in [0.05, 0.1) is 19.1 Å². The maximum Gasteiger partial charge on any atom is 0.225 e. The molecule has 1 saturated heterocycles. The van der Waals surface area contributed by atoms with E-state index < -0.39 is 0 Å². The minimum atomic E-state index is -0.0675. The molecule has 0 bridgehead atoms. The number of ether oxygens (including phenoxy) is 1. The van der Waals surface area contributed by atoms with Gasteiger partial charge in [0.15, 0.2) is 0 Å². The number of carbonyl (C=O) groups excluding carboxylic acids is 1. The van der Waals surface area contributed by atoms with Gasteiger partial charge in [0.2, 0.25) is 5.91 Å². The fourth-order valence-electron chi connectivity index (χ4n) is 3.68. The fraction of sp³-hybridized carbons (Fsp3) is 0.611. The Morgan fingerprint density at radius 3 is 3.14 bits per heavy atom. The molecule has 1 fully saturated rings. The van der Waals surface area contributed by atoms with E-state index in [1.165, 1.54) is 17.5 Å². The van der Waals surface area contributed by atoms with Crippen LogP contribution in [0.1, 0.15) is 36.5 Å². The summed E-state index contributed by atoms with van der Waals surface area (Å²) < 4.78 is 5.88. The summed E-state index contributed by atoms with van der Waals surface area (Å²) in [5.41, 5.74) is 2.53. The summed E-state index contributed by atoms with van der Waals surface area (Å²) in [7, 11) is 1.98. The highest BCUT2D eigenvalue weighted by Gasteiger charge is 2.28. The van der Waals surface area contributed by atoms with E-state index in [1.54, 1.807) is 0 Å². The number of amides is 1. The van der Waals surface area contributed by atoms with Gasteiger partial charge in [-0.3, -0.25) is 4.79 Å². The third-order valence-electron chi connectivity index (χ3n) is 4.82. The van der Waals surface area contributed by atoms with Crippen LogP contribution in [0.2, 0.25) is 0 Å². The zero-order valence-corrected chi connectivity index (χ0v) is 13.4. The Morgan fingerprint density at radius 1 is 1.41 bits per heavy atom. The third kappa shape index (κ3) is 3.50. The monoisotopic (exact) mass is 302 g/mol. The molecule has 0 spiro atoms. The molecule has 0 aromatic heterocycles. The molecule has 1 aromatic carbocycles. The molecule has 2 aliphatic rings. The molecule has 0 saturated carbocycles. The van der Waals surface area contributed by atoms with E-state index >= 15 is 0 Å². The Labute approximate surface area is 132 Å². The van der Waals surface area contributed by atoms with Crippen LogP contribution >= 0.6 is 0 Å². The van der Waals surface area contributed by atoms with Gasteiger partial charge in [-0.25, -0.2) is 0 Å². The van der Waals surface area contributed by atoms with Crippen LogP contribution in [-0.2, 0) is 16.0 Å². The number of nitrogens with one attached hydrogen (secondary N) is 1. The van der Waals surface area contributed by atoms with Crippen LogP contribution in [0.15, 0.2) is 24.3 Å². The first-order valence-electron chi connectivity index (χ1n) is 8.39. The topological polar surface area (TPSA) is 41.6 Å². The molecule has 1 amide bonds. The van der Waals surface area contributed by atoms with Crippen molar-refractivity contribution in [2.75, 3.05) is 33.3 Å². The Bertz CT molecular complexity index is 516. The molecule has 0 radical (unpaired) electrons. The molecule has 1 N–H and O–H groups in total. The molecule has 0 aliphatic carbocycles. The number of nitrogens with zero attached hydrogens (tertiary/aromatic N) is 1. The highest BCUT2D eigenvalue weighted by atomic mass is 16.5. The minimum Gasteiger partial charge on any atom is -0.373 e. The van der Waals surface area contributed by atoms with Crippen LogP contribution in [0.25, 0.3) is 0 Å². The Balaban J connectivity index is 1.62. The molecule has 2 heterocycles. The number of benzene rings is 1. The van der Waals surface area contributed by atoms with Crippen molar-refractivity contribution < 1.29 is 9.53 Å². The van der Waals surface area contributed by atoms with E-state index in [0.29, 0.717) is 12.3 Å². The molecule has 4 nitrogen and oxygen atoms in total. The van der Waals surface area contributed by atoms with Crippen molar-refractivity contribution in [1.29, 1.82) is 0 Å². The SMILES string of the molecule is CNC[C@H]1CCCN(C(=O)C[C@H]2OCCc3ccccc32)C1. The number of fused-ring (bicyclic) bond motifs is 1. The first-order chi connectivity index (χ1) is 10.8. The molecule has 3 rings (SSSR count). The van der Waals surface area contributed by atoms with Crippen LogP contribution in [-0.4, -0.2) is 44.1 Å². The van der Waals surface area contributed by atoms with E-state index in [2.05, 4.69) is 23.5 Å². The molecular formula is C18H26N2O2. The van der Waals surface area contributed by atoms with Crippen LogP contribution in [0, 0.1) is 5.92 Å². The van der Waals surface area contributed by atoms with Gasteiger partial charge in [0.25, 0.3) is 0 Å². The number of rotatable bonds is 4. The molecule has 22 heavy (non-hydrogen) atoms. The largest absolute Gasteiger partial charge is 0.373 e. The highest BCUT2D eigenvalue weighted by Crippen LogP contribution is 2.30. The van der Waals surface area contributed by atoms with Gasteiger partial charge in [-0.05, 0) is 49.9 Å². The summed E-state index contributed by atoms with van der Waals surface area (Å²) in [6.45, 7) is 3.49. The smallest absolute Gasteiger partial charge is 0.225 e. The van der Waals surface area contributed by atoms with Crippen molar-refractivity contribution in [1.82, 2.24) is 10.2 Å². The molecule has 1 aromatic rings. The summed E-state index contributed by atoms with van der Waals surface area (Å²) >= 11 is 0. The number of carbonyl (C=O) groups is 1. The van der Waals surface area contributed by atoms with Gasteiger partial charge in [-0.1, -0.05) is 24.3 Å². The van der Waals surface area contributed by atoms with E-state index in [1.807, 2.05) is 18.0 Å². The Morgan fingerprint density at radius 2 is 2.27 bits per heavy atom. The Kier molecular flexibility index (Phi) is 5.11. The number of piperidine rings is 1. The zero-order valence-electron chi connectivity index (χ0n) is 13.4. The van der Waals surface area contributed by atoms with Crippen molar-refractivity contribution in [3.8, 4) is 0 Å². The molecular weight excluding hydrogens is 276 g/mol. The predicted octanol–water partition coefficient (Wildman–Crippen LogP) is 2.15. The third-order valence-corrected chi connectivity index (χ3v) is 4.82. The molecule has 0 unspecified atom stereocenters. The lowest BCUT2D eigenvalue weighted by molar-refractivity contribution is -0.136. The zero-order chi connectivity index (χ0) is 15.4. The van der Waals surface area contributed by atoms with Gasteiger partial charge in [-0.15, -0.1) is 0 Å². The normalized spacial score (nSPS) is 24.9. The summed E-state index contributed by atoms with van der Waals surface area (Å²) in [6.07, 6.45) is 3.69. The average Bonchev–Trinajstić information content (AvgIpc) is 2.56. The van der Waals surface area contributed by atoms with Crippen LogP contribution in [0.3, 0.4) is 0 Å². The van der Waals surface area contributed by atoms with Gasteiger partial charge >= 0.3 is 0 Å². The average molecular weight is 302 g/mol. The number of likely N-dealkylation sites (tertiary alicyclic amines) is 1. The van der Waals surface area contributed by atoms with Gasteiger partial charge in [-0.2, -0.15) is 0 Å². The van der Waals surface area contributed by atoms with Crippen molar-refractivity contribution in [2.45, 2.75) is 31.8 Å². The first kappa shape index (κ1) is 15.5. The van der Waals surface area contributed by atoms with Crippen LogP contribution in [0.4, 0.5) is 0 Å². The standard InChI is InChI=1S/C18H26N2O2/c1-19-12-14-5-4-9-20(13-14)18(21)11-17-16-7-3-2-6-15(16)8-10-22-17/h2-3,6-7,14,17,19H,4-5,8-13H2,1H3/t14-,17-/m1/s1. The predicted molar refractivity (Wildman–Crippen MR) is 86.7 cm³/mol. The second kappa shape index (κ2) is 7.25. The summed E-state index contributed by atoms with van der Waals surface area (Å²) in [5.74, 6) is 0.824. The lowest BCUT2D eigenvalue weighted by Gasteiger charge is -2.34. The van der Waals surface area contributed by atoms with E-state index in [9.17, 15) is 4.79 Å². The van der Waals surface area contributed by atoms with E-state index in [4.69, 9.17) is 4.74 Å². The van der Waals surface area contributed by atoms with E-state index in [0.717, 1.165) is 39.1 Å². The second-order valence-corrected chi connectivity index (χ2v) is 6.42. The van der Waals surface area contributed by atoms with Gasteiger partial charge in [0.1, 0.15) is 0 Å². The lowest BCUT2D eigenvalue weighted by Crippen LogP contribution is -2.43. The van der Waals surface area contributed by atoms with Crippen LogP contribution < -0.4 is 5.32 Å². The fourth-order valence-corrected chi connectivity index (χ4v) is 3.68. The summed E-state index contributed by atoms with van der Waals surface area (Å²) in [5, 5.41) is 3.23. The van der Waals surface area contributed by atoms with E-state index in [-0.39, 0.29) is 12.0 Å².